The summed E-state index contributed by atoms with van der Waals surface area (Å²) in [5, 5.41) is 7.54. The lowest BCUT2D eigenvalue weighted by atomic mass is 9.93. The highest BCUT2D eigenvalue weighted by atomic mass is 32.2. The van der Waals surface area contributed by atoms with Crippen LogP contribution in [0.1, 0.15) is 28.9 Å². The Hall–Kier alpha value is -2.39. The molecule has 1 saturated heterocycles. The Morgan fingerprint density at radius 1 is 1.22 bits per heavy atom. The number of anilines is 1. The van der Waals surface area contributed by atoms with Gasteiger partial charge in [0.1, 0.15) is 4.90 Å². The second-order valence-corrected chi connectivity index (χ2v) is 8.85. The van der Waals surface area contributed by atoms with Crippen LogP contribution in [0.15, 0.2) is 35.4 Å². The maximum atomic E-state index is 12.7. The number of hydrogen-bond acceptors (Lipinski definition) is 5. The third-order valence-corrected chi connectivity index (χ3v) is 6.81. The fourth-order valence-electron chi connectivity index (χ4n) is 3.88. The minimum absolute atomic E-state index is 0.0124. The van der Waals surface area contributed by atoms with Crippen LogP contribution in [0.4, 0.5) is 5.69 Å². The van der Waals surface area contributed by atoms with Gasteiger partial charge in [0.2, 0.25) is 10.0 Å². The summed E-state index contributed by atoms with van der Waals surface area (Å²) in [5.74, 6) is 0.105. The standard InChI is InChI=1S/C18H23N5O3S/c1-12-14(11-22(2)20-12)18(24)23-9-7-13(8-10-23)17-19-15-5-3-4-6-16(15)27(25,26)21-17/h3-6,11,13,17,19,21H,7-10H2,1-2H3. The molecule has 1 fully saturated rings. The summed E-state index contributed by atoms with van der Waals surface area (Å²) in [6.07, 6.45) is 2.85. The third kappa shape index (κ3) is 3.32. The highest BCUT2D eigenvalue weighted by molar-refractivity contribution is 7.89. The zero-order valence-corrected chi connectivity index (χ0v) is 16.2. The Morgan fingerprint density at radius 2 is 1.93 bits per heavy atom. The van der Waals surface area contributed by atoms with E-state index in [0.29, 0.717) is 24.3 Å². The number of fused-ring (bicyclic) bond motifs is 1. The Bertz CT molecular complexity index is 977. The summed E-state index contributed by atoms with van der Waals surface area (Å²) < 4.78 is 29.4. The van der Waals surface area contributed by atoms with Gasteiger partial charge in [-0.25, -0.2) is 8.42 Å². The van der Waals surface area contributed by atoms with E-state index >= 15 is 0 Å². The highest BCUT2D eigenvalue weighted by Gasteiger charge is 2.36. The van der Waals surface area contributed by atoms with Gasteiger partial charge in [-0.2, -0.15) is 9.82 Å². The number of hydrogen-bond donors (Lipinski definition) is 2. The van der Waals surface area contributed by atoms with Gasteiger partial charge in [-0.15, -0.1) is 0 Å². The van der Waals surface area contributed by atoms with Crippen LogP contribution in [0, 0.1) is 12.8 Å². The fourth-order valence-corrected chi connectivity index (χ4v) is 5.26. The Balaban J connectivity index is 1.44. The molecule has 2 N–H and O–H groups in total. The molecule has 1 unspecified atom stereocenters. The quantitative estimate of drug-likeness (QED) is 0.807. The van der Waals surface area contributed by atoms with Crippen molar-refractivity contribution in [3.05, 3.63) is 41.7 Å². The maximum Gasteiger partial charge on any atom is 0.257 e. The topological polar surface area (TPSA) is 96.3 Å². The van der Waals surface area contributed by atoms with Crippen LogP contribution in [0.3, 0.4) is 0 Å². The van der Waals surface area contributed by atoms with Crippen LogP contribution in [0.5, 0.6) is 0 Å². The molecule has 1 aromatic heterocycles. The lowest BCUT2D eigenvalue weighted by molar-refractivity contribution is 0.0678. The molecule has 0 bridgehead atoms. The average Bonchev–Trinajstić information content (AvgIpc) is 2.99. The molecule has 4 rings (SSSR count). The first-order chi connectivity index (χ1) is 12.8. The molecule has 8 nitrogen and oxygen atoms in total. The molecule has 1 atom stereocenters. The van der Waals surface area contributed by atoms with Crippen LogP contribution in [0.2, 0.25) is 0 Å². The van der Waals surface area contributed by atoms with Crippen LogP contribution in [-0.2, 0) is 17.1 Å². The van der Waals surface area contributed by atoms with E-state index in [2.05, 4.69) is 15.1 Å². The van der Waals surface area contributed by atoms with Gasteiger partial charge in [-0.05, 0) is 37.8 Å². The predicted octanol–water partition coefficient (Wildman–Crippen LogP) is 1.31. The van der Waals surface area contributed by atoms with Gasteiger partial charge in [0, 0.05) is 26.3 Å². The summed E-state index contributed by atoms with van der Waals surface area (Å²) >= 11 is 0. The molecular formula is C18H23N5O3S. The van der Waals surface area contributed by atoms with E-state index in [0.717, 1.165) is 18.5 Å². The number of amides is 1. The van der Waals surface area contributed by atoms with Crippen molar-refractivity contribution < 1.29 is 13.2 Å². The Kier molecular flexibility index (Phi) is 4.43. The second-order valence-electron chi connectivity index (χ2n) is 7.17. The predicted molar refractivity (Wildman–Crippen MR) is 101 cm³/mol. The summed E-state index contributed by atoms with van der Waals surface area (Å²) in [6.45, 7) is 3.02. The number of rotatable bonds is 2. The van der Waals surface area contributed by atoms with E-state index in [1.165, 1.54) is 0 Å². The summed E-state index contributed by atoms with van der Waals surface area (Å²) in [4.78, 5) is 14.8. The lowest BCUT2D eigenvalue weighted by Crippen LogP contribution is -2.52. The molecule has 9 heteroatoms. The monoisotopic (exact) mass is 389 g/mol. The number of sulfonamides is 1. The van der Waals surface area contributed by atoms with Gasteiger partial charge in [0.05, 0.1) is 23.1 Å². The first kappa shape index (κ1) is 18.0. The molecule has 2 aliphatic heterocycles. The van der Waals surface area contributed by atoms with Gasteiger partial charge in [0.15, 0.2) is 0 Å². The van der Waals surface area contributed by atoms with Crippen LogP contribution in [-0.4, -0.2) is 48.3 Å². The molecule has 0 spiro atoms. The number of carbonyl (C=O) groups excluding carboxylic acids is 1. The number of para-hydroxylation sites is 1. The molecule has 1 amide bonds. The minimum Gasteiger partial charge on any atom is -0.368 e. The second kappa shape index (κ2) is 6.65. The minimum atomic E-state index is -3.52. The van der Waals surface area contributed by atoms with Crippen LogP contribution >= 0.6 is 0 Å². The highest BCUT2D eigenvalue weighted by Crippen LogP contribution is 2.31. The van der Waals surface area contributed by atoms with Crippen LogP contribution in [0.25, 0.3) is 0 Å². The molecule has 144 valence electrons. The molecule has 0 radical (unpaired) electrons. The van der Waals surface area contributed by atoms with Crippen molar-refractivity contribution in [1.29, 1.82) is 0 Å². The summed E-state index contributed by atoms with van der Waals surface area (Å²) in [7, 11) is -1.72. The van der Waals surface area contributed by atoms with Crippen molar-refractivity contribution in [2.75, 3.05) is 18.4 Å². The zero-order chi connectivity index (χ0) is 19.2. The van der Waals surface area contributed by atoms with Crippen molar-refractivity contribution in [1.82, 2.24) is 19.4 Å². The van der Waals surface area contributed by atoms with E-state index in [-0.39, 0.29) is 22.9 Å². The van der Waals surface area contributed by atoms with Gasteiger partial charge in [-0.3, -0.25) is 9.48 Å². The van der Waals surface area contributed by atoms with Gasteiger partial charge in [0.25, 0.3) is 5.91 Å². The number of piperidine rings is 1. The molecule has 3 heterocycles. The number of nitrogens with zero attached hydrogens (tertiary/aromatic N) is 3. The maximum absolute atomic E-state index is 12.7. The molecule has 1 aromatic carbocycles. The molecule has 2 aromatic rings. The number of benzene rings is 1. The molecule has 0 saturated carbocycles. The number of likely N-dealkylation sites (tertiary alicyclic amines) is 1. The van der Waals surface area contributed by atoms with Crippen molar-refractivity contribution in [2.24, 2.45) is 13.0 Å². The van der Waals surface area contributed by atoms with E-state index < -0.39 is 10.0 Å². The van der Waals surface area contributed by atoms with Gasteiger partial charge < -0.3 is 10.2 Å². The number of carbonyl (C=O) groups is 1. The van der Waals surface area contributed by atoms with Crippen molar-refractivity contribution in [3.8, 4) is 0 Å². The largest absolute Gasteiger partial charge is 0.368 e. The third-order valence-electron chi connectivity index (χ3n) is 5.31. The molecule has 2 aliphatic rings. The normalized spacial score (nSPS) is 22.1. The van der Waals surface area contributed by atoms with E-state index in [9.17, 15) is 13.2 Å². The summed E-state index contributed by atoms with van der Waals surface area (Å²) in [6, 6.07) is 6.91. The van der Waals surface area contributed by atoms with E-state index in [4.69, 9.17) is 0 Å². The summed E-state index contributed by atoms with van der Waals surface area (Å²) in [5.41, 5.74) is 1.98. The number of nitrogens with one attached hydrogen (secondary N) is 2. The first-order valence-electron chi connectivity index (χ1n) is 9.02. The molecular weight excluding hydrogens is 366 g/mol. The lowest BCUT2D eigenvalue weighted by Gasteiger charge is -2.38. The zero-order valence-electron chi connectivity index (χ0n) is 15.3. The molecule has 0 aliphatic carbocycles. The Labute approximate surface area is 158 Å². The van der Waals surface area contributed by atoms with Gasteiger partial charge in [-0.1, -0.05) is 12.1 Å². The SMILES string of the molecule is Cc1nn(C)cc1C(=O)N1CCC(C2Nc3ccccc3S(=O)(=O)N2)CC1. The average molecular weight is 389 g/mol. The van der Waals surface area contributed by atoms with E-state index in [1.807, 2.05) is 17.9 Å². The first-order valence-corrected chi connectivity index (χ1v) is 10.5. The Morgan fingerprint density at radius 3 is 2.59 bits per heavy atom. The molecule has 27 heavy (non-hydrogen) atoms. The van der Waals surface area contributed by atoms with Gasteiger partial charge >= 0.3 is 0 Å². The smallest absolute Gasteiger partial charge is 0.257 e. The number of aryl methyl sites for hydroxylation is 2. The van der Waals surface area contributed by atoms with Crippen molar-refractivity contribution in [2.45, 2.75) is 30.8 Å². The van der Waals surface area contributed by atoms with Crippen molar-refractivity contribution >= 4 is 21.6 Å². The van der Waals surface area contributed by atoms with Crippen molar-refractivity contribution in [3.63, 3.8) is 0 Å². The fraction of sp³-hybridized carbons (Fsp3) is 0.444. The number of aromatic nitrogens is 2. The van der Waals surface area contributed by atoms with E-state index in [1.54, 1.807) is 36.1 Å². The van der Waals surface area contributed by atoms with Crippen LogP contribution < -0.4 is 10.0 Å².